The molecule has 0 saturated heterocycles. The lowest BCUT2D eigenvalue weighted by Crippen LogP contribution is -2.11. The summed E-state index contributed by atoms with van der Waals surface area (Å²) in [5, 5.41) is 0. The quantitative estimate of drug-likeness (QED) is 0.501. The molecular weight excluding hydrogens is 168 g/mol. The van der Waals surface area contributed by atoms with E-state index < -0.39 is 0 Å². The van der Waals surface area contributed by atoms with Crippen molar-refractivity contribution in [3.8, 4) is 0 Å². The SMILES string of the molecule is CC(C)(C)C1=C[CH+]C(=C2C[CH+]C2)C=C1. The Morgan fingerprint density at radius 3 is 2.21 bits per heavy atom. The molecule has 2 rings (SSSR count). The molecule has 0 aliphatic heterocycles. The van der Waals surface area contributed by atoms with Crippen LogP contribution in [0.5, 0.6) is 0 Å². The van der Waals surface area contributed by atoms with E-state index in [2.05, 4.69) is 51.8 Å². The van der Waals surface area contributed by atoms with E-state index >= 15 is 0 Å². The van der Waals surface area contributed by atoms with Crippen LogP contribution in [0.25, 0.3) is 0 Å². The van der Waals surface area contributed by atoms with E-state index in [1.807, 2.05) is 0 Å². The van der Waals surface area contributed by atoms with Gasteiger partial charge in [-0.25, -0.2) is 0 Å². The summed E-state index contributed by atoms with van der Waals surface area (Å²) >= 11 is 0. The van der Waals surface area contributed by atoms with Crippen LogP contribution in [-0.4, -0.2) is 0 Å². The van der Waals surface area contributed by atoms with Crippen LogP contribution in [0.15, 0.2) is 34.9 Å². The highest BCUT2D eigenvalue weighted by molar-refractivity contribution is 5.49. The third-order valence-electron chi connectivity index (χ3n) is 2.94. The second-order valence-electron chi connectivity index (χ2n) is 5.13. The molecule has 0 unspecified atom stereocenters. The van der Waals surface area contributed by atoms with E-state index in [4.69, 9.17) is 0 Å². The van der Waals surface area contributed by atoms with Crippen LogP contribution >= 0.6 is 0 Å². The van der Waals surface area contributed by atoms with Crippen molar-refractivity contribution in [2.24, 2.45) is 5.41 Å². The molecule has 0 nitrogen and oxygen atoms in total. The molecule has 72 valence electrons. The van der Waals surface area contributed by atoms with Gasteiger partial charge in [-0.1, -0.05) is 0 Å². The summed E-state index contributed by atoms with van der Waals surface area (Å²) in [5.41, 5.74) is 4.71. The summed E-state index contributed by atoms with van der Waals surface area (Å²) in [4.78, 5) is 0. The van der Waals surface area contributed by atoms with Crippen LogP contribution in [0.4, 0.5) is 0 Å². The normalized spacial score (nSPS) is 20.9. The van der Waals surface area contributed by atoms with E-state index in [9.17, 15) is 0 Å². The zero-order valence-corrected chi connectivity index (χ0v) is 9.30. The lowest BCUT2D eigenvalue weighted by molar-refractivity contribution is 0.516. The average Bonchev–Trinajstić information content (AvgIpc) is 2.00. The maximum absolute atomic E-state index is 2.33. The highest BCUT2D eigenvalue weighted by atomic mass is 14.2. The lowest BCUT2D eigenvalue weighted by Gasteiger charge is -2.18. The third kappa shape index (κ3) is 1.75. The van der Waals surface area contributed by atoms with Gasteiger partial charge in [-0.05, 0) is 20.8 Å². The fraction of sp³-hybridized carbons (Fsp3) is 0.429. The van der Waals surface area contributed by atoms with E-state index in [-0.39, 0.29) is 5.41 Å². The molecular formula is C14H18+2. The second-order valence-corrected chi connectivity index (χ2v) is 5.13. The molecule has 1 saturated carbocycles. The van der Waals surface area contributed by atoms with Crippen molar-refractivity contribution >= 4 is 0 Å². The minimum absolute atomic E-state index is 0.273. The Morgan fingerprint density at radius 1 is 1.14 bits per heavy atom. The fourth-order valence-corrected chi connectivity index (χ4v) is 1.73. The van der Waals surface area contributed by atoms with Crippen LogP contribution in [0.1, 0.15) is 33.6 Å². The maximum atomic E-state index is 2.33. The first-order valence-electron chi connectivity index (χ1n) is 5.34. The zero-order valence-electron chi connectivity index (χ0n) is 9.30. The maximum Gasteiger partial charge on any atom is 0.147 e. The number of allylic oxidation sites excluding steroid dienone is 6. The standard InChI is InChI=1S/C14H18/c1-14(2,3)13-9-7-12(8-10-13)11-5-4-6-11/h4,7-10H,5-6H2,1-3H3/q+2. The van der Waals surface area contributed by atoms with E-state index in [1.165, 1.54) is 24.0 Å². The van der Waals surface area contributed by atoms with Crippen molar-refractivity contribution < 1.29 is 0 Å². The predicted octanol–water partition coefficient (Wildman–Crippen LogP) is 4.03. The Morgan fingerprint density at radius 2 is 1.86 bits per heavy atom. The summed E-state index contributed by atoms with van der Waals surface area (Å²) in [6, 6.07) is 0. The van der Waals surface area contributed by atoms with Gasteiger partial charge in [-0.3, -0.25) is 0 Å². The van der Waals surface area contributed by atoms with Crippen molar-refractivity contribution in [1.82, 2.24) is 0 Å². The largest absolute Gasteiger partial charge is 0.147 e. The van der Waals surface area contributed by atoms with Crippen LogP contribution in [0.3, 0.4) is 0 Å². The van der Waals surface area contributed by atoms with E-state index in [1.54, 1.807) is 5.57 Å². The Bertz CT molecular complexity index is 312. The Hall–Kier alpha value is -1.04. The van der Waals surface area contributed by atoms with Gasteiger partial charge in [0.05, 0.1) is 0 Å². The third-order valence-corrected chi connectivity index (χ3v) is 2.94. The first kappa shape index (κ1) is 9.51. The van der Waals surface area contributed by atoms with Gasteiger partial charge in [0.15, 0.2) is 0 Å². The molecule has 0 aromatic carbocycles. The first-order chi connectivity index (χ1) is 6.57. The molecule has 14 heavy (non-hydrogen) atoms. The summed E-state index contributed by atoms with van der Waals surface area (Å²) < 4.78 is 0. The number of hydrogen-bond acceptors (Lipinski definition) is 0. The Kier molecular flexibility index (Phi) is 2.22. The van der Waals surface area contributed by atoms with Gasteiger partial charge in [-0.15, -0.1) is 0 Å². The zero-order chi connectivity index (χ0) is 10.2. The van der Waals surface area contributed by atoms with Crippen LogP contribution in [-0.2, 0) is 0 Å². The molecule has 0 aromatic rings. The molecule has 0 heteroatoms. The smallest absolute Gasteiger partial charge is 0.0473 e. The molecule has 0 atom stereocenters. The summed E-state index contributed by atoms with van der Waals surface area (Å²) in [5.74, 6) is 0. The van der Waals surface area contributed by atoms with Crippen molar-refractivity contribution in [3.05, 3.63) is 47.8 Å². The van der Waals surface area contributed by atoms with Gasteiger partial charge in [0.2, 0.25) is 0 Å². The lowest BCUT2D eigenvalue weighted by atomic mass is 9.80. The summed E-state index contributed by atoms with van der Waals surface area (Å²) in [6.45, 7) is 6.77. The van der Waals surface area contributed by atoms with E-state index in [0.717, 1.165) is 0 Å². The molecule has 1 fully saturated rings. The first-order valence-corrected chi connectivity index (χ1v) is 5.34. The molecule has 0 N–H and O–H groups in total. The van der Waals surface area contributed by atoms with Gasteiger partial charge in [0.25, 0.3) is 0 Å². The molecule has 2 aliphatic carbocycles. The average molecular weight is 186 g/mol. The minimum Gasteiger partial charge on any atom is -0.0473 e. The van der Waals surface area contributed by atoms with Gasteiger partial charge in [-0.2, -0.15) is 0 Å². The molecule has 0 bridgehead atoms. The molecule has 0 radical (unpaired) electrons. The summed E-state index contributed by atoms with van der Waals surface area (Å²) in [7, 11) is 0. The van der Waals surface area contributed by atoms with Crippen molar-refractivity contribution in [2.45, 2.75) is 33.6 Å². The number of hydrogen-bond donors (Lipinski definition) is 0. The molecule has 0 aromatic heterocycles. The topological polar surface area (TPSA) is 0 Å². The van der Waals surface area contributed by atoms with Crippen molar-refractivity contribution in [2.75, 3.05) is 0 Å². The van der Waals surface area contributed by atoms with Gasteiger partial charge in [0.1, 0.15) is 30.4 Å². The highest BCUT2D eigenvalue weighted by Gasteiger charge is 2.29. The summed E-state index contributed by atoms with van der Waals surface area (Å²) in [6.07, 6.45) is 13.8. The van der Waals surface area contributed by atoms with Gasteiger partial charge >= 0.3 is 0 Å². The van der Waals surface area contributed by atoms with Crippen molar-refractivity contribution in [3.63, 3.8) is 0 Å². The van der Waals surface area contributed by atoms with E-state index in [0.29, 0.717) is 0 Å². The molecule has 0 spiro atoms. The van der Waals surface area contributed by atoms with Crippen LogP contribution < -0.4 is 0 Å². The van der Waals surface area contributed by atoms with Crippen LogP contribution in [0, 0.1) is 18.3 Å². The van der Waals surface area contributed by atoms with Crippen molar-refractivity contribution in [1.29, 1.82) is 0 Å². The van der Waals surface area contributed by atoms with Gasteiger partial charge in [0, 0.05) is 35.6 Å². The van der Waals surface area contributed by atoms with Gasteiger partial charge < -0.3 is 0 Å². The predicted molar refractivity (Wildman–Crippen MR) is 61.5 cm³/mol. The minimum atomic E-state index is 0.273. The monoisotopic (exact) mass is 186 g/mol. The Balaban J connectivity index is 2.12. The molecule has 0 amide bonds. The highest BCUT2D eigenvalue weighted by Crippen LogP contribution is 2.35. The second kappa shape index (κ2) is 3.27. The molecule has 0 heterocycles. The van der Waals surface area contributed by atoms with Crippen LogP contribution in [0.2, 0.25) is 0 Å². The molecule has 2 aliphatic rings. The Labute approximate surface area is 87.4 Å². The fourth-order valence-electron chi connectivity index (χ4n) is 1.73. The number of rotatable bonds is 0.